The lowest BCUT2D eigenvalue weighted by Crippen LogP contribution is -2.58. The molecule has 10 heteroatoms. The van der Waals surface area contributed by atoms with Crippen molar-refractivity contribution < 1.29 is 19.4 Å². The van der Waals surface area contributed by atoms with Crippen molar-refractivity contribution in [2.45, 2.75) is 18.7 Å². The van der Waals surface area contributed by atoms with Crippen LogP contribution >= 0.6 is 34.5 Å². The van der Waals surface area contributed by atoms with Crippen molar-refractivity contribution in [2.75, 3.05) is 7.11 Å². The zero-order chi connectivity index (χ0) is 22.8. The van der Waals surface area contributed by atoms with Gasteiger partial charge in [-0.3, -0.25) is 14.2 Å². The zero-order valence-corrected chi connectivity index (χ0v) is 19.2. The summed E-state index contributed by atoms with van der Waals surface area (Å²) in [7, 11) is 1.30. The average Bonchev–Trinajstić information content (AvgIpc) is 3.04. The number of esters is 1. The molecule has 1 aromatic heterocycles. The van der Waals surface area contributed by atoms with E-state index >= 15 is 0 Å². The number of methoxy groups -OCH3 is 1. The van der Waals surface area contributed by atoms with Gasteiger partial charge in [0, 0.05) is 16.1 Å². The van der Waals surface area contributed by atoms with E-state index in [0.717, 1.165) is 11.3 Å². The Morgan fingerprint density at radius 2 is 2.09 bits per heavy atom. The first-order chi connectivity index (χ1) is 15.2. The van der Waals surface area contributed by atoms with Crippen LogP contribution in [-0.2, 0) is 9.53 Å². The molecule has 164 valence electrons. The molecule has 0 unspecified atom stereocenters. The Bertz CT molecular complexity index is 1460. The highest BCUT2D eigenvalue weighted by Gasteiger charge is 2.55. The Balaban J connectivity index is 1.81. The monoisotopic (exact) mass is 490 g/mol. The number of rotatable bonds is 2. The summed E-state index contributed by atoms with van der Waals surface area (Å²) in [5, 5.41) is 10.7. The Hall–Kier alpha value is -2.81. The second kappa shape index (κ2) is 7.37. The van der Waals surface area contributed by atoms with E-state index in [1.807, 2.05) is 18.2 Å². The number of benzene rings is 2. The molecule has 0 amide bonds. The Kier molecular flexibility index (Phi) is 4.85. The van der Waals surface area contributed by atoms with E-state index in [4.69, 9.17) is 32.7 Å². The standard InChI is InChI=1S/C22H16Cl2N2O5S/c1-22-16(20(29)30-2)17(12-5-3-4-6-14(12)31-22)26-19(28)15(32-21(26)25-22)8-10-7-11(23)9-13(24)18(10)27/h3-9,16-17,27H,1-2H3/b15-8+/t16-,17-,22-/m0/s1. The van der Waals surface area contributed by atoms with Crippen molar-refractivity contribution in [3.8, 4) is 11.5 Å². The second-order valence-corrected chi connectivity index (χ2v) is 9.50. The Morgan fingerprint density at radius 1 is 1.34 bits per heavy atom. The predicted molar refractivity (Wildman–Crippen MR) is 120 cm³/mol. The minimum absolute atomic E-state index is 0.0753. The van der Waals surface area contributed by atoms with Crippen molar-refractivity contribution in [3.63, 3.8) is 0 Å². The van der Waals surface area contributed by atoms with Gasteiger partial charge in [0.2, 0.25) is 5.72 Å². The lowest BCUT2D eigenvalue weighted by Gasteiger charge is -2.44. The highest BCUT2D eigenvalue weighted by Crippen LogP contribution is 2.47. The van der Waals surface area contributed by atoms with Crippen LogP contribution in [0.1, 0.15) is 24.1 Å². The fourth-order valence-corrected chi connectivity index (χ4v) is 5.87. The first kappa shape index (κ1) is 21.1. The smallest absolute Gasteiger partial charge is 0.317 e. The molecule has 3 heterocycles. The van der Waals surface area contributed by atoms with Gasteiger partial charge in [-0.05, 0) is 31.2 Å². The number of phenols is 1. The van der Waals surface area contributed by atoms with E-state index in [9.17, 15) is 14.7 Å². The fraction of sp³-hybridized carbons (Fsp3) is 0.227. The van der Waals surface area contributed by atoms with Crippen LogP contribution in [0.2, 0.25) is 10.0 Å². The van der Waals surface area contributed by atoms with E-state index in [2.05, 4.69) is 4.99 Å². The summed E-state index contributed by atoms with van der Waals surface area (Å²) < 4.78 is 13.0. The summed E-state index contributed by atoms with van der Waals surface area (Å²) in [5.74, 6) is -1.01. The second-order valence-electron chi connectivity index (χ2n) is 7.65. The number of aromatic hydroxyl groups is 1. The molecule has 7 nitrogen and oxygen atoms in total. The van der Waals surface area contributed by atoms with E-state index < -0.39 is 23.7 Å². The van der Waals surface area contributed by atoms with Crippen LogP contribution in [0.25, 0.3) is 6.08 Å². The Labute approximate surface area is 195 Å². The third-order valence-corrected chi connectivity index (χ3v) is 7.17. The molecule has 1 N–H and O–H groups in total. The summed E-state index contributed by atoms with van der Waals surface area (Å²) in [6.07, 6.45) is 1.51. The minimum Gasteiger partial charge on any atom is -0.506 e. The molecule has 0 fully saturated rings. The molecule has 2 bridgehead atoms. The van der Waals surface area contributed by atoms with Crippen molar-refractivity contribution in [1.29, 1.82) is 0 Å². The fourth-order valence-electron chi connectivity index (χ4n) is 4.27. The maximum Gasteiger partial charge on any atom is 0.317 e. The zero-order valence-electron chi connectivity index (χ0n) is 16.8. The normalized spacial score (nSPS) is 23.6. The number of fused-ring (bicyclic) bond motifs is 6. The number of phenolic OH excluding ortho intramolecular Hbond substituents is 1. The van der Waals surface area contributed by atoms with Crippen LogP contribution < -0.4 is 19.6 Å². The topological polar surface area (TPSA) is 90.1 Å². The van der Waals surface area contributed by atoms with Crippen LogP contribution in [0.15, 0.2) is 46.2 Å². The molecule has 2 aliphatic rings. The van der Waals surface area contributed by atoms with Gasteiger partial charge in [0.05, 0.1) is 22.7 Å². The van der Waals surface area contributed by atoms with E-state index in [0.29, 0.717) is 31.2 Å². The van der Waals surface area contributed by atoms with Gasteiger partial charge in [-0.15, -0.1) is 0 Å². The van der Waals surface area contributed by atoms with Gasteiger partial charge in [-0.1, -0.05) is 52.7 Å². The number of halogens is 2. The highest BCUT2D eigenvalue weighted by atomic mass is 35.5. The molecule has 0 saturated carbocycles. The third-order valence-electron chi connectivity index (χ3n) is 5.68. The number of ether oxygens (including phenoxy) is 2. The minimum atomic E-state index is -1.25. The number of hydrogen-bond acceptors (Lipinski definition) is 7. The molecular formula is C22H16Cl2N2O5S. The van der Waals surface area contributed by atoms with E-state index in [1.54, 1.807) is 13.0 Å². The maximum absolute atomic E-state index is 13.5. The largest absolute Gasteiger partial charge is 0.506 e. The van der Waals surface area contributed by atoms with E-state index in [-0.39, 0.29) is 16.3 Å². The van der Waals surface area contributed by atoms with Gasteiger partial charge < -0.3 is 14.6 Å². The number of aromatic nitrogens is 1. The molecule has 0 saturated heterocycles. The van der Waals surface area contributed by atoms with Gasteiger partial charge >= 0.3 is 5.97 Å². The van der Waals surface area contributed by atoms with Crippen LogP contribution in [0.5, 0.6) is 11.5 Å². The van der Waals surface area contributed by atoms with Gasteiger partial charge in [0.15, 0.2) is 4.80 Å². The average molecular weight is 491 g/mol. The number of thiazole rings is 1. The summed E-state index contributed by atoms with van der Waals surface area (Å²) in [6, 6.07) is 9.51. The van der Waals surface area contributed by atoms with Crippen LogP contribution in [-0.4, -0.2) is 28.5 Å². The number of carbonyl (C=O) groups is 1. The van der Waals surface area contributed by atoms with Gasteiger partial charge in [0.25, 0.3) is 5.56 Å². The molecule has 2 aromatic carbocycles. The number of hydrogen-bond donors (Lipinski definition) is 1. The SMILES string of the molecule is COC(=O)[C@@H]1[C@@H]2c3ccccc3O[C@]1(C)N=c1s/c(=C/c3cc(Cl)cc(Cl)c3O)c(=O)n12. The molecule has 32 heavy (non-hydrogen) atoms. The van der Waals surface area contributed by atoms with Crippen molar-refractivity contribution in [1.82, 2.24) is 4.57 Å². The van der Waals surface area contributed by atoms with Crippen LogP contribution in [0, 0.1) is 5.92 Å². The Morgan fingerprint density at radius 3 is 2.84 bits per heavy atom. The molecule has 0 radical (unpaired) electrons. The summed E-state index contributed by atoms with van der Waals surface area (Å²) in [5.41, 5.74) is -0.616. The molecule has 0 aliphatic carbocycles. The maximum atomic E-state index is 13.5. The number of nitrogens with zero attached hydrogens (tertiary/aromatic N) is 2. The molecule has 3 atom stereocenters. The van der Waals surface area contributed by atoms with E-state index in [1.165, 1.54) is 29.9 Å². The molecule has 0 spiro atoms. The van der Waals surface area contributed by atoms with Crippen molar-refractivity contribution in [3.05, 3.63) is 77.3 Å². The van der Waals surface area contributed by atoms with Crippen molar-refractivity contribution >= 4 is 46.6 Å². The third kappa shape index (κ3) is 3.05. The van der Waals surface area contributed by atoms with Gasteiger partial charge in [-0.25, -0.2) is 4.99 Å². The van der Waals surface area contributed by atoms with Crippen LogP contribution in [0.4, 0.5) is 0 Å². The summed E-state index contributed by atoms with van der Waals surface area (Å²) in [6.45, 7) is 1.71. The van der Waals surface area contributed by atoms with Gasteiger partial charge in [0.1, 0.15) is 17.4 Å². The first-order valence-electron chi connectivity index (χ1n) is 9.60. The lowest BCUT2D eigenvalue weighted by molar-refractivity contribution is -0.158. The van der Waals surface area contributed by atoms with Crippen LogP contribution in [0.3, 0.4) is 0 Å². The number of para-hydroxylation sites is 1. The number of carbonyl (C=O) groups excluding carboxylic acids is 1. The highest BCUT2D eigenvalue weighted by molar-refractivity contribution is 7.07. The quantitative estimate of drug-likeness (QED) is 0.557. The lowest BCUT2D eigenvalue weighted by atomic mass is 9.81. The van der Waals surface area contributed by atoms with Gasteiger partial charge in [-0.2, -0.15) is 0 Å². The first-order valence-corrected chi connectivity index (χ1v) is 11.2. The molecule has 2 aliphatic heterocycles. The molecular weight excluding hydrogens is 475 g/mol. The van der Waals surface area contributed by atoms with Crippen molar-refractivity contribution in [2.24, 2.45) is 10.9 Å². The molecule has 5 rings (SSSR count). The predicted octanol–water partition coefficient (Wildman–Crippen LogP) is 2.87. The summed E-state index contributed by atoms with van der Waals surface area (Å²) in [4.78, 5) is 31.4. The summed E-state index contributed by atoms with van der Waals surface area (Å²) >= 11 is 13.2. The molecule has 3 aromatic rings.